The van der Waals surface area contributed by atoms with Crippen LogP contribution < -0.4 is 14.8 Å². The van der Waals surface area contributed by atoms with Crippen LogP contribution in [0.1, 0.15) is 16.8 Å². The molecule has 5 nitrogen and oxygen atoms in total. The molecule has 0 amide bonds. The first-order valence-electron chi connectivity index (χ1n) is 8.45. The molecule has 3 aromatic rings. The summed E-state index contributed by atoms with van der Waals surface area (Å²) in [4.78, 5) is 0. The summed E-state index contributed by atoms with van der Waals surface area (Å²) >= 11 is 12.6. The van der Waals surface area contributed by atoms with Crippen LogP contribution in [-0.4, -0.2) is 24.0 Å². The van der Waals surface area contributed by atoms with Gasteiger partial charge in [-0.1, -0.05) is 35.3 Å². The van der Waals surface area contributed by atoms with Crippen molar-refractivity contribution in [3.63, 3.8) is 0 Å². The fourth-order valence-electron chi connectivity index (χ4n) is 2.83. The lowest BCUT2D eigenvalue weighted by Crippen LogP contribution is -2.13. The standard InChI is InChI=1S/C20H21Cl2N3O2/c1-13-17(20(22)25(24-13)16-6-4-5-15(21)10-16)12-23-11-14-7-8-18(26-2)19(9-14)27-3/h4-10,23H,11-12H2,1-3H3. The van der Waals surface area contributed by atoms with Crippen LogP contribution in [-0.2, 0) is 13.1 Å². The quantitative estimate of drug-likeness (QED) is 0.613. The summed E-state index contributed by atoms with van der Waals surface area (Å²) in [6, 6.07) is 13.3. The van der Waals surface area contributed by atoms with E-state index in [0.717, 1.165) is 22.5 Å². The number of aryl methyl sites for hydroxylation is 1. The number of hydrogen-bond donors (Lipinski definition) is 1. The smallest absolute Gasteiger partial charge is 0.161 e. The van der Waals surface area contributed by atoms with E-state index < -0.39 is 0 Å². The molecule has 0 saturated heterocycles. The summed E-state index contributed by atoms with van der Waals surface area (Å²) in [5.41, 5.74) is 3.75. The molecule has 0 saturated carbocycles. The third kappa shape index (κ3) is 4.38. The van der Waals surface area contributed by atoms with Crippen LogP contribution in [0.25, 0.3) is 5.69 Å². The third-order valence-corrected chi connectivity index (χ3v) is 4.88. The molecule has 0 aliphatic rings. The zero-order chi connectivity index (χ0) is 19.4. The first-order chi connectivity index (χ1) is 13.0. The van der Waals surface area contributed by atoms with Crippen LogP contribution in [0, 0.1) is 6.92 Å². The molecular formula is C20H21Cl2N3O2. The number of hydrogen-bond acceptors (Lipinski definition) is 4. The lowest BCUT2D eigenvalue weighted by Gasteiger charge is -2.10. The van der Waals surface area contributed by atoms with Crippen molar-refractivity contribution in [2.75, 3.05) is 14.2 Å². The van der Waals surface area contributed by atoms with Crippen LogP contribution in [0.15, 0.2) is 42.5 Å². The highest BCUT2D eigenvalue weighted by Gasteiger charge is 2.14. The van der Waals surface area contributed by atoms with E-state index in [1.54, 1.807) is 18.9 Å². The van der Waals surface area contributed by atoms with Crippen LogP contribution >= 0.6 is 23.2 Å². The van der Waals surface area contributed by atoms with Crippen LogP contribution in [0.2, 0.25) is 10.2 Å². The highest BCUT2D eigenvalue weighted by molar-refractivity contribution is 6.31. The molecule has 0 radical (unpaired) electrons. The summed E-state index contributed by atoms with van der Waals surface area (Å²) < 4.78 is 12.3. The predicted molar refractivity (Wildman–Crippen MR) is 108 cm³/mol. The Morgan fingerprint density at radius 3 is 2.48 bits per heavy atom. The average Bonchev–Trinajstić information content (AvgIpc) is 2.96. The van der Waals surface area contributed by atoms with Gasteiger partial charge in [0.2, 0.25) is 0 Å². The Hall–Kier alpha value is -2.21. The lowest BCUT2D eigenvalue weighted by atomic mass is 10.2. The van der Waals surface area contributed by atoms with Crippen LogP contribution in [0.3, 0.4) is 0 Å². The number of benzene rings is 2. The molecule has 0 aliphatic carbocycles. The van der Waals surface area contributed by atoms with Gasteiger partial charge in [0.05, 0.1) is 25.6 Å². The summed E-state index contributed by atoms with van der Waals surface area (Å²) in [6.07, 6.45) is 0. The molecule has 1 N–H and O–H groups in total. The minimum absolute atomic E-state index is 0.578. The maximum absolute atomic E-state index is 6.57. The zero-order valence-electron chi connectivity index (χ0n) is 15.4. The second-order valence-electron chi connectivity index (χ2n) is 6.04. The topological polar surface area (TPSA) is 48.3 Å². The monoisotopic (exact) mass is 405 g/mol. The van der Waals surface area contributed by atoms with Crippen molar-refractivity contribution < 1.29 is 9.47 Å². The van der Waals surface area contributed by atoms with Crippen molar-refractivity contribution in [1.29, 1.82) is 0 Å². The molecule has 142 valence electrons. The van der Waals surface area contributed by atoms with Crippen molar-refractivity contribution in [1.82, 2.24) is 15.1 Å². The zero-order valence-corrected chi connectivity index (χ0v) is 16.9. The second kappa shape index (κ2) is 8.65. The van der Waals surface area contributed by atoms with E-state index in [0.29, 0.717) is 34.8 Å². The van der Waals surface area contributed by atoms with E-state index in [9.17, 15) is 0 Å². The van der Waals surface area contributed by atoms with Gasteiger partial charge in [-0.3, -0.25) is 0 Å². The average molecular weight is 406 g/mol. The maximum atomic E-state index is 6.57. The first kappa shape index (κ1) is 19.5. The van der Waals surface area contributed by atoms with Gasteiger partial charge in [-0.05, 0) is 42.8 Å². The summed E-state index contributed by atoms with van der Waals surface area (Å²) in [6.45, 7) is 3.21. The number of aromatic nitrogens is 2. The molecule has 2 aromatic carbocycles. The number of nitrogens with one attached hydrogen (secondary N) is 1. The van der Waals surface area contributed by atoms with E-state index in [1.165, 1.54) is 0 Å². The van der Waals surface area contributed by atoms with Gasteiger partial charge < -0.3 is 14.8 Å². The number of methoxy groups -OCH3 is 2. The van der Waals surface area contributed by atoms with Gasteiger partial charge in [-0.15, -0.1) is 0 Å². The van der Waals surface area contributed by atoms with E-state index >= 15 is 0 Å². The van der Waals surface area contributed by atoms with E-state index in [1.807, 2.05) is 49.4 Å². The molecule has 1 heterocycles. The summed E-state index contributed by atoms with van der Waals surface area (Å²) in [5, 5.41) is 9.17. The SMILES string of the molecule is COc1ccc(CNCc2c(C)nn(-c3cccc(Cl)c3)c2Cl)cc1OC. The highest BCUT2D eigenvalue weighted by atomic mass is 35.5. The minimum atomic E-state index is 0.578. The van der Waals surface area contributed by atoms with Crippen molar-refractivity contribution >= 4 is 23.2 Å². The summed E-state index contributed by atoms with van der Waals surface area (Å²) in [5.74, 6) is 1.42. The van der Waals surface area contributed by atoms with Gasteiger partial charge in [-0.2, -0.15) is 5.10 Å². The molecule has 27 heavy (non-hydrogen) atoms. The molecule has 0 fully saturated rings. The molecule has 1 aromatic heterocycles. The number of halogens is 2. The Balaban J connectivity index is 1.72. The Bertz CT molecular complexity index is 941. The van der Waals surface area contributed by atoms with E-state index in [4.69, 9.17) is 32.7 Å². The van der Waals surface area contributed by atoms with Gasteiger partial charge in [0.1, 0.15) is 5.15 Å². The number of ether oxygens (including phenoxy) is 2. The molecule has 7 heteroatoms. The van der Waals surface area contributed by atoms with Gasteiger partial charge in [0.25, 0.3) is 0 Å². The largest absolute Gasteiger partial charge is 0.493 e. The number of nitrogens with zero attached hydrogens (tertiary/aromatic N) is 2. The maximum Gasteiger partial charge on any atom is 0.161 e. The molecule has 0 atom stereocenters. The lowest BCUT2D eigenvalue weighted by molar-refractivity contribution is 0.354. The second-order valence-corrected chi connectivity index (χ2v) is 6.83. The van der Waals surface area contributed by atoms with Crippen LogP contribution in [0.5, 0.6) is 11.5 Å². The van der Waals surface area contributed by atoms with Gasteiger partial charge >= 0.3 is 0 Å². The van der Waals surface area contributed by atoms with Crippen molar-refractivity contribution in [2.24, 2.45) is 0 Å². The van der Waals surface area contributed by atoms with Crippen LogP contribution in [0.4, 0.5) is 0 Å². The molecule has 0 bridgehead atoms. The minimum Gasteiger partial charge on any atom is -0.493 e. The first-order valence-corrected chi connectivity index (χ1v) is 9.20. The van der Waals surface area contributed by atoms with Gasteiger partial charge in [0, 0.05) is 23.7 Å². The fraction of sp³-hybridized carbons (Fsp3) is 0.250. The van der Waals surface area contributed by atoms with Crippen molar-refractivity contribution in [3.05, 3.63) is 69.5 Å². The highest BCUT2D eigenvalue weighted by Crippen LogP contribution is 2.28. The fourth-order valence-corrected chi connectivity index (χ4v) is 3.36. The molecule has 0 aliphatic heterocycles. The van der Waals surface area contributed by atoms with Crippen molar-refractivity contribution in [3.8, 4) is 17.2 Å². The third-order valence-electron chi connectivity index (χ3n) is 4.25. The Morgan fingerprint density at radius 2 is 1.78 bits per heavy atom. The summed E-state index contributed by atoms with van der Waals surface area (Å²) in [7, 11) is 3.25. The normalized spacial score (nSPS) is 10.9. The Labute approximate surface area is 168 Å². The molecule has 0 spiro atoms. The molecule has 3 rings (SSSR count). The molecule has 0 unspecified atom stereocenters. The molecular weight excluding hydrogens is 385 g/mol. The Kier molecular flexibility index (Phi) is 6.26. The van der Waals surface area contributed by atoms with Gasteiger partial charge in [-0.25, -0.2) is 4.68 Å². The predicted octanol–water partition coefficient (Wildman–Crippen LogP) is 4.79. The Morgan fingerprint density at radius 1 is 1.00 bits per heavy atom. The van der Waals surface area contributed by atoms with E-state index in [-0.39, 0.29) is 0 Å². The number of rotatable bonds is 7. The van der Waals surface area contributed by atoms with Crippen molar-refractivity contribution in [2.45, 2.75) is 20.0 Å². The van der Waals surface area contributed by atoms with Gasteiger partial charge in [0.15, 0.2) is 11.5 Å². The van der Waals surface area contributed by atoms with E-state index in [2.05, 4.69) is 10.4 Å².